The van der Waals surface area contributed by atoms with E-state index in [-0.39, 0.29) is 0 Å². The lowest BCUT2D eigenvalue weighted by atomic mass is 9.98. The highest BCUT2D eigenvalue weighted by molar-refractivity contribution is 9.09. The molecule has 0 aromatic heterocycles. The van der Waals surface area contributed by atoms with Crippen LogP contribution in [0.4, 0.5) is 0 Å². The van der Waals surface area contributed by atoms with E-state index in [0.29, 0.717) is 0 Å². The minimum absolute atomic E-state index is 0.929. The average molecular weight is 276 g/mol. The molecule has 1 nitrogen and oxygen atoms in total. The molecule has 1 atom stereocenters. The molecule has 0 radical (unpaired) electrons. The summed E-state index contributed by atoms with van der Waals surface area (Å²) in [5.74, 6) is 0.935. The number of hydrogen-bond acceptors (Lipinski definition) is 1. The van der Waals surface area contributed by atoms with Crippen LogP contribution in [0, 0.1) is 5.92 Å². The highest BCUT2D eigenvalue weighted by Gasteiger charge is 2.29. The smallest absolute Gasteiger partial charge is 0.0159 e. The van der Waals surface area contributed by atoms with Gasteiger partial charge in [0.05, 0.1) is 0 Å². The zero-order chi connectivity index (χ0) is 11.1. The lowest BCUT2D eigenvalue weighted by Crippen LogP contribution is -2.33. The molecule has 0 heterocycles. The second kappa shape index (κ2) is 7.67. The van der Waals surface area contributed by atoms with E-state index in [1.54, 1.807) is 0 Å². The molecule has 1 aliphatic rings. The van der Waals surface area contributed by atoms with Crippen LogP contribution >= 0.6 is 15.9 Å². The van der Waals surface area contributed by atoms with Gasteiger partial charge in [-0.3, -0.25) is 4.90 Å². The highest BCUT2D eigenvalue weighted by atomic mass is 79.9. The van der Waals surface area contributed by atoms with Gasteiger partial charge in [0.1, 0.15) is 0 Å². The van der Waals surface area contributed by atoms with Crippen LogP contribution in [-0.2, 0) is 0 Å². The minimum Gasteiger partial charge on any atom is -0.299 e. The molecule has 0 N–H and O–H groups in total. The molecule has 0 aromatic carbocycles. The van der Waals surface area contributed by atoms with Crippen molar-refractivity contribution in [2.45, 2.75) is 58.4 Å². The van der Waals surface area contributed by atoms with E-state index < -0.39 is 0 Å². The van der Waals surface area contributed by atoms with Gasteiger partial charge in [-0.15, -0.1) is 0 Å². The zero-order valence-corrected chi connectivity index (χ0v) is 11.9. The van der Waals surface area contributed by atoms with Crippen LogP contribution in [0.25, 0.3) is 0 Å². The molecular formula is C13H26BrN. The first-order valence-electron chi connectivity index (χ1n) is 6.61. The summed E-state index contributed by atoms with van der Waals surface area (Å²) in [6.45, 7) is 7.23. The van der Waals surface area contributed by atoms with E-state index in [4.69, 9.17) is 0 Å². The molecule has 1 aliphatic carbocycles. The molecule has 1 saturated carbocycles. The van der Waals surface area contributed by atoms with E-state index in [1.807, 2.05) is 0 Å². The quantitative estimate of drug-likeness (QED) is 0.574. The fraction of sp³-hybridized carbons (Fsp3) is 1.00. The fourth-order valence-corrected chi connectivity index (χ4v) is 2.68. The van der Waals surface area contributed by atoms with Crippen molar-refractivity contribution < 1.29 is 0 Å². The van der Waals surface area contributed by atoms with Gasteiger partial charge < -0.3 is 0 Å². The van der Waals surface area contributed by atoms with Crippen molar-refractivity contribution in [2.75, 3.05) is 18.4 Å². The van der Waals surface area contributed by atoms with Gasteiger partial charge in [-0.05, 0) is 25.2 Å². The maximum atomic E-state index is 3.57. The second-order valence-electron chi connectivity index (χ2n) is 4.83. The van der Waals surface area contributed by atoms with Crippen molar-refractivity contribution in [3.8, 4) is 0 Å². The molecule has 1 fully saturated rings. The van der Waals surface area contributed by atoms with E-state index in [9.17, 15) is 0 Å². The number of alkyl halides is 1. The summed E-state index contributed by atoms with van der Waals surface area (Å²) in [5.41, 5.74) is 0. The van der Waals surface area contributed by atoms with Crippen molar-refractivity contribution in [2.24, 2.45) is 5.92 Å². The summed E-state index contributed by atoms with van der Waals surface area (Å²) < 4.78 is 0. The van der Waals surface area contributed by atoms with Crippen LogP contribution in [0.5, 0.6) is 0 Å². The first kappa shape index (κ1) is 13.5. The van der Waals surface area contributed by atoms with Crippen molar-refractivity contribution >= 4 is 15.9 Å². The molecule has 0 spiro atoms. The van der Waals surface area contributed by atoms with E-state index in [2.05, 4.69) is 34.7 Å². The maximum Gasteiger partial charge on any atom is 0.0159 e. The molecule has 1 unspecified atom stereocenters. The number of nitrogens with zero attached hydrogens (tertiary/aromatic N) is 1. The second-order valence-corrected chi connectivity index (χ2v) is 5.62. The first-order valence-corrected chi connectivity index (χ1v) is 7.73. The van der Waals surface area contributed by atoms with Gasteiger partial charge in [-0.1, -0.05) is 49.0 Å². The number of hydrogen-bond donors (Lipinski definition) is 0. The highest BCUT2D eigenvalue weighted by Crippen LogP contribution is 2.28. The average Bonchev–Trinajstić information content (AvgIpc) is 3.06. The summed E-state index contributed by atoms with van der Waals surface area (Å²) in [6.07, 6.45) is 8.42. The molecule has 0 bridgehead atoms. The summed E-state index contributed by atoms with van der Waals surface area (Å²) in [7, 11) is 0. The molecule has 0 amide bonds. The molecule has 2 heteroatoms. The van der Waals surface area contributed by atoms with Crippen LogP contribution in [0.15, 0.2) is 0 Å². The van der Waals surface area contributed by atoms with E-state index in [0.717, 1.165) is 17.3 Å². The third-order valence-corrected chi connectivity index (χ3v) is 3.83. The van der Waals surface area contributed by atoms with Crippen LogP contribution in [-0.4, -0.2) is 29.4 Å². The van der Waals surface area contributed by atoms with Gasteiger partial charge in [0.15, 0.2) is 0 Å². The zero-order valence-electron chi connectivity index (χ0n) is 10.3. The lowest BCUT2D eigenvalue weighted by molar-refractivity contribution is 0.221. The number of halogens is 1. The maximum absolute atomic E-state index is 3.57. The Morgan fingerprint density at radius 3 is 2.53 bits per heavy atom. The Morgan fingerprint density at radius 1 is 1.33 bits per heavy atom. The largest absolute Gasteiger partial charge is 0.299 e. The summed E-state index contributed by atoms with van der Waals surface area (Å²) in [5, 5.41) is 1.13. The van der Waals surface area contributed by atoms with Crippen LogP contribution in [0.3, 0.4) is 0 Å². The molecule has 0 aliphatic heterocycles. The topological polar surface area (TPSA) is 3.24 Å². The molecule has 1 rings (SSSR count). The Hall–Kier alpha value is 0.440. The Bertz CT molecular complexity index is 157. The first-order chi connectivity index (χ1) is 7.31. The van der Waals surface area contributed by atoms with Gasteiger partial charge in [0, 0.05) is 24.5 Å². The van der Waals surface area contributed by atoms with Gasteiger partial charge in [0.25, 0.3) is 0 Å². The molecular weight excluding hydrogens is 250 g/mol. The van der Waals surface area contributed by atoms with Crippen molar-refractivity contribution in [3.05, 3.63) is 0 Å². The number of rotatable bonds is 9. The van der Waals surface area contributed by atoms with E-state index >= 15 is 0 Å². The van der Waals surface area contributed by atoms with Gasteiger partial charge >= 0.3 is 0 Å². The SMILES string of the molecule is CCCCC(CC)CN(CCBr)C1CC1. The van der Waals surface area contributed by atoms with Crippen LogP contribution in [0.2, 0.25) is 0 Å². The molecule has 90 valence electrons. The third-order valence-electron chi connectivity index (χ3n) is 3.47. The van der Waals surface area contributed by atoms with Crippen LogP contribution in [0.1, 0.15) is 52.4 Å². The monoisotopic (exact) mass is 275 g/mol. The Morgan fingerprint density at radius 2 is 2.07 bits per heavy atom. The van der Waals surface area contributed by atoms with Gasteiger partial charge in [-0.25, -0.2) is 0 Å². The van der Waals surface area contributed by atoms with Crippen molar-refractivity contribution in [3.63, 3.8) is 0 Å². The summed E-state index contributed by atoms with van der Waals surface area (Å²) in [6, 6.07) is 0.929. The summed E-state index contributed by atoms with van der Waals surface area (Å²) in [4.78, 5) is 2.71. The Balaban J connectivity index is 2.25. The standard InChI is InChI=1S/C13H26BrN/c1-3-5-6-12(4-2)11-15(10-9-14)13-7-8-13/h12-13H,3-11H2,1-2H3. The van der Waals surface area contributed by atoms with Crippen molar-refractivity contribution in [1.82, 2.24) is 4.90 Å². The van der Waals surface area contributed by atoms with E-state index in [1.165, 1.54) is 51.6 Å². The normalized spacial score (nSPS) is 18.4. The molecule has 0 saturated heterocycles. The van der Waals surface area contributed by atoms with Gasteiger partial charge in [0.2, 0.25) is 0 Å². The van der Waals surface area contributed by atoms with Crippen molar-refractivity contribution in [1.29, 1.82) is 0 Å². The Kier molecular flexibility index (Phi) is 6.91. The predicted molar refractivity (Wildman–Crippen MR) is 71.7 cm³/mol. The van der Waals surface area contributed by atoms with Gasteiger partial charge in [-0.2, -0.15) is 0 Å². The van der Waals surface area contributed by atoms with Crippen LogP contribution < -0.4 is 0 Å². The fourth-order valence-electron chi connectivity index (χ4n) is 2.22. The Labute approximate surface area is 104 Å². The number of unbranched alkanes of at least 4 members (excludes halogenated alkanes) is 1. The molecule has 0 aromatic rings. The third kappa shape index (κ3) is 5.35. The minimum atomic E-state index is 0.929. The summed E-state index contributed by atoms with van der Waals surface area (Å²) >= 11 is 3.57. The molecule has 15 heavy (non-hydrogen) atoms. The predicted octanol–water partition coefficient (Wildman–Crippen LogP) is 4.06. The lowest BCUT2D eigenvalue weighted by Gasteiger charge is -2.26.